The number of benzene rings is 1. The minimum atomic E-state index is 0.664. The van der Waals surface area contributed by atoms with Crippen molar-refractivity contribution in [1.82, 2.24) is 103 Å². The van der Waals surface area contributed by atoms with Crippen LogP contribution >= 0.6 is 0 Å². The fourth-order valence-electron chi connectivity index (χ4n) is 7.61. The molecule has 146 heavy (non-hydrogen) atoms. The van der Waals surface area contributed by atoms with Crippen LogP contribution in [0.3, 0.4) is 0 Å². The van der Waals surface area contributed by atoms with Crippen LogP contribution in [0.25, 0.3) is 50.1 Å². The van der Waals surface area contributed by atoms with Crippen molar-refractivity contribution in [3.8, 4) is 0 Å². The van der Waals surface area contributed by atoms with Crippen molar-refractivity contribution >= 4 is 92.8 Å². The van der Waals surface area contributed by atoms with Crippen molar-refractivity contribution in [1.29, 1.82) is 0 Å². The molecule has 1 aromatic carbocycles. The maximum Gasteiger partial charge on any atom is 0.201 e. The molecule has 0 aliphatic carbocycles. The number of hydrogen-bond acceptors (Lipinski definition) is 23. The second-order valence-electron chi connectivity index (χ2n) is 19.9. The number of aliphatic imine (C=N–C) groups is 4. The molecule has 0 atom stereocenters. The van der Waals surface area contributed by atoms with Gasteiger partial charge in [0.05, 0.1) is 47.7 Å². The van der Waals surface area contributed by atoms with Gasteiger partial charge in [0.1, 0.15) is 28.5 Å². The summed E-state index contributed by atoms with van der Waals surface area (Å²) in [4.78, 5) is 35.4. The van der Waals surface area contributed by atoms with Crippen molar-refractivity contribution < 1.29 is 0 Å². The van der Waals surface area contributed by atoms with E-state index in [4.69, 9.17) is 0 Å². The standard InChI is InChI=1S/2C9H8N2.3C6H5N3.C6H7N.C5H4N4.4C5H6N2.C4H9N.24C2H6/c1-7-4-5-8-3-2-6-10-9(8)11-7;1-7-10-6-8-4-2-3-5-9(8)11-7;1-2-7-3-5-4-8-9-6(1)5;1-2-7-4-6-5(1)3-8-9-6;1-2-5-6(7-3-1)4-8-9-5;1-6-4-2-3-5-7-6;1-2-4-5(6-3-1)8-9-7-4;1-5-4-6-2-3-7-5;1-5-2-3-6-4-7-5;1-5-6-3-2-4-7-5;1-5-3-2-4-6-7-5;1-2-4-5-3-1;24*1-2/h2-6H,1H2,(H,10,11);2-6,11H,1H2;3*1-4H,(H,8,9);2-5,7H,1H2;1-3H,(H,6,7,8,9);2-4,7H,1H2;2-4H,1H2,(H,6,7);2-4,6H,1H2;2-4,7H,1H2;5H,1-4H2;24*1-2H3. The molecule has 17 heterocycles. The number of fused-ring (bicyclic) bond motifs is 6. The quantitative estimate of drug-likeness (QED) is 0.0671. The van der Waals surface area contributed by atoms with Crippen molar-refractivity contribution in [2.45, 2.75) is 345 Å². The van der Waals surface area contributed by atoms with E-state index in [2.05, 4.69) is 185 Å². The van der Waals surface area contributed by atoms with Crippen molar-refractivity contribution in [2.24, 2.45) is 25.1 Å². The highest BCUT2D eigenvalue weighted by molar-refractivity contribution is 5.91. The zero-order valence-corrected chi connectivity index (χ0v) is 102. The normalized spacial score (nSPS) is 10.5. The fraction of sp³-hybridized carbons (Fsp3) is 0.437. The number of rotatable bonds is 0. The summed E-state index contributed by atoms with van der Waals surface area (Å²) in [6, 6.07) is 23.2. The molecule has 8 aliphatic rings. The molecule has 8 aliphatic heterocycles. The molecular weight excluding hydrogens is 1810 g/mol. The molecule has 830 valence electrons. The molecule has 0 amide bonds. The van der Waals surface area contributed by atoms with E-state index < -0.39 is 0 Å². The SMILES string of the molecule is C1CCNC1.C=C1C=CC=CN1.C=C1C=CC=NN1.C=C1C=CN=CN1.C=C1C=Cc2cccnc2N1.C=C1C=NC=CN1.C=C1N=CC=CN1.C=C1N=Cc2ccccc2N1.CC.CC.CC.CC.CC.CC.CC.CC.CC.CC.CC.CC.CC.CC.CC.CC.CC.CC.CC.CC.CC.CC.CC.CC.c1cc2[nH]ncc2cn1.c1cc2cn[nH]c2cn1.c1cnc2cn[nH]c2c1.c1cnc2n[nH]nc2c1. The highest BCUT2D eigenvalue weighted by Gasteiger charge is 2.05. The van der Waals surface area contributed by atoms with Gasteiger partial charge in [-0.1, -0.05) is 403 Å². The summed E-state index contributed by atoms with van der Waals surface area (Å²) in [7, 11) is 0. The number of nitrogens with one attached hydrogen (secondary N) is 12. The number of aromatic amines is 4. The highest BCUT2D eigenvalue weighted by Crippen LogP contribution is 2.21. The number of allylic oxidation sites excluding steroid dienone is 9. The van der Waals surface area contributed by atoms with Gasteiger partial charge in [0.2, 0.25) is 5.65 Å². The van der Waals surface area contributed by atoms with E-state index >= 15 is 0 Å². The lowest BCUT2D eigenvalue weighted by Gasteiger charge is -2.12. The van der Waals surface area contributed by atoms with Gasteiger partial charge >= 0.3 is 0 Å². The third kappa shape index (κ3) is 112. The summed E-state index contributed by atoms with van der Waals surface area (Å²) in [6.45, 7) is 124. The first-order valence-electron chi connectivity index (χ1n) is 54.1. The average molecular weight is 2030 g/mol. The van der Waals surface area contributed by atoms with E-state index in [0.29, 0.717) is 17.3 Å². The van der Waals surface area contributed by atoms with E-state index in [1.807, 2.05) is 466 Å². The Labute approximate surface area is 896 Å². The molecule has 0 bridgehead atoms. The molecule has 1 fully saturated rings. The van der Waals surface area contributed by atoms with E-state index in [1.54, 1.807) is 118 Å². The Morgan fingerprint density at radius 3 is 1.22 bits per heavy atom. The maximum absolute atomic E-state index is 4.15. The Bertz CT molecular complexity index is 3950. The first kappa shape index (κ1) is 174. The summed E-state index contributed by atoms with van der Waals surface area (Å²) in [5.74, 6) is 2.28. The van der Waals surface area contributed by atoms with Gasteiger partial charge in [-0.05, 0) is 129 Å². The highest BCUT2D eigenvalue weighted by atomic mass is 15.3. The Morgan fingerprint density at radius 2 is 0.795 bits per heavy atom. The average Bonchev–Trinajstić information content (AvgIpc) is 1.58. The zero-order chi connectivity index (χ0) is 117. The number of dihydropyridines is 1. The minimum absolute atomic E-state index is 0.664. The molecule has 10 aromatic rings. The van der Waals surface area contributed by atoms with Crippen molar-refractivity contribution in [2.75, 3.05) is 23.7 Å². The molecule has 27 nitrogen and oxygen atoms in total. The third-order valence-electron chi connectivity index (χ3n) is 12.4. The topological polar surface area (TPSA) is 350 Å². The van der Waals surface area contributed by atoms with E-state index in [-0.39, 0.29) is 0 Å². The van der Waals surface area contributed by atoms with Crippen LogP contribution in [-0.2, 0) is 0 Å². The van der Waals surface area contributed by atoms with Crippen LogP contribution in [0.5, 0.6) is 0 Å². The summed E-state index contributed by atoms with van der Waals surface area (Å²) in [5.41, 5.74) is 15.7. The van der Waals surface area contributed by atoms with Crippen LogP contribution in [-0.4, -0.2) is 115 Å². The molecular formula is C119H219N27. The number of H-pyrrole nitrogens is 4. The van der Waals surface area contributed by atoms with Gasteiger partial charge in [0, 0.05) is 149 Å². The smallest absolute Gasteiger partial charge is 0.201 e. The van der Waals surface area contributed by atoms with Crippen LogP contribution in [0.2, 0.25) is 0 Å². The largest absolute Gasteiger partial charge is 0.362 e. The fourth-order valence-corrected chi connectivity index (χ4v) is 7.61. The molecule has 9 aromatic heterocycles. The Morgan fingerprint density at radius 1 is 0.301 bits per heavy atom. The molecule has 27 heteroatoms. The van der Waals surface area contributed by atoms with E-state index in [0.717, 1.165) is 89.5 Å². The molecule has 0 radical (unpaired) electrons. The number of anilines is 2. The van der Waals surface area contributed by atoms with Crippen LogP contribution in [0, 0.1) is 0 Å². The van der Waals surface area contributed by atoms with Gasteiger partial charge in [0.15, 0.2) is 0 Å². The second kappa shape index (κ2) is 167. The maximum atomic E-state index is 4.15. The van der Waals surface area contributed by atoms with Crippen LogP contribution in [0.15, 0.2) is 326 Å². The van der Waals surface area contributed by atoms with Gasteiger partial charge in [-0.3, -0.25) is 40.7 Å². The lowest BCUT2D eigenvalue weighted by molar-refractivity contribution is 0.857. The van der Waals surface area contributed by atoms with Crippen LogP contribution in [0.1, 0.15) is 356 Å². The van der Waals surface area contributed by atoms with Gasteiger partial charge < -0.3 is 37.2 Å². The first-order chi connectivity index (χ1) is 72.1. The second-order valence-corrected chi connectivity index (χ2v) is 19.9. The number of hydrazone groups is 1. The summed E-state index contributed by atoms with van der Waals surface area (Å²) >= 11 is 0. The number of para-hydroxylation sites is 1. The first-order valence-corrected chi connectivity index (χ1v) is 54.1. The number of hydrogen-bond donors (Lipinski definition) is 12. The number of nitrogens with zero attached hydrogens (tertiary/aromatic N) is 15. The molecule has 0 unspecified atom stereocenters. The van der Waals surface area contributed by atoms with Gasteiger partial charge in [-0.2, -0.15) is 30.7 Å². The third-order valence-corrected chi connectivity index (χ3v) is 12.4. The number of aromatic nitrogens is 14. The zero-order valence-electron chi connectivity index (χ0n) is 102. The molecule has 0 saturated carbocycles. The van der Waals surface area contributed by atoms with Gasteiger partial charge in [-0.25, -0.2) is 24.9 Å². The molecule has 1 saturated heterocycles. The van der Waals surface area contributed by atoms with Gasteiger partial charge in [-0.15, -0.1) is 5.10 Å². The lowest BCUT2D eigenvalue weighted by atomic mass is 10.2. The van der Waals surface area contributed by atoms with Crippen LogP contribution < -0.4 is 42.6 Å². The van der Waals surface area contributed by atoms with Crippen molar-refractivity contribution in [3.05, 3.63) is 312 Å². The van der Waals surface area contributed by atoms with Gasteiger partial charge in [0.25, 0.3) is 0 Å². The predicted octanol–water partition coefficient (Wildman–Crippen LogP) is 36.0. The lowest BCUT2D eigenvalue weighted by Crippen LogP contribution is -2.08. The molecule has 18 rings (SSSR count). The summed E-state index contributed by atoms with van der Waals surface area (Å²) in [5, 5.41) is 56.6. The Balaban J connectivity index is -0.0000000739. The predicted molar refractivity (Wildman–Crippen MR) is 671 cm³/mol. The minimum Gasteiger partial charge on any atom is -0.362 e. The van der Waals surface area contributed by atoms with E-state index in [9.17, 15) is 0 Å². The monoisotopic (exact) mass is 2030 g/mol. The number of pyridine rings is 5. The van der Waals surface area contributed by atoms with Crippen LogP contribution in [0.4, 0.5) is 11.5 Å². The Hall–Kier alpha value is -14.0. The molecule has 12 N–H and O–H groups in total. The Kier molecular flexibility index (Phi) is 200. The summed E-state index contributed by atoms with van der Waals surface area (Å²) < 4.78 is 0. The summed E-state index contributed by atoms with van der Waals surface area (Å²) in [6.07, 6.45) is 54.4. The molecule has 0 spiro atoms. The van der Waals surface area contributed by atoms with Crippen molar-refractivity contribution in [3.63, 3.8) is 0 Å². The van der Waals surface area contributed by atoms with E-state index in [1.165, 1.54) is 25.9 Å².